The normalized spacial score (nSPS) is 14.2. The minimum atomic E-state index is -4.55. The third-order valence-corrected chi connectivity index (χ3v) is 10.4. The van der Waals surface area contributed by atoms with Crippen LogP contribution in [0.15, 0.2) is 63.3 Å². The quantitative estimate of drug-likeness (QED) is 0.0810. The van der Waals surface area contributed by atoms with Gasteiger partial charge >= 0.3 is 139 Å². The molecule has 0 spiro atoms. The van der Waals surface area contributed by atoms with Crippen LogP contribution in [0.5, 0.6) is 0 Å². The largest absolute Gasteiger partial charge is 1.00 e. The van der Waals surface area contributed by atoms with Crippen LogP contribution in [0.3, 0.4) is 0 Å². The van der Waals surface area contributed by atoms with Crippen LogP contribution in [0.4, 0.5) is 11.4 Å². The van der Waals surface area contributed by atoms with Crippen molar-refractivity contribution in [3.8, 4) is 0 Å². The molecule has 0 saturated carbocycles. The molecule has 54 heavy (non-hydrogen) atoms. The van der Waals surface area contributed by atoms with Crippen LogP contribution in [0.25, 0.3) is 21.5 Å². The van der Waals surface area contributed by atoms with Crippen LogP contribution < -0.4 is 118 Å². The van der Waals surface area contributed by atoms with Gasteiger partial charge in [-0.3, -0.25) is 21.8 Å². The SMILES string of the molecule is CC1=Nc2ccc3c[c-]cc(S(=O)(=O)[O-])c3c2C1(C)C.CC[N+]1=C(C)C(C)(C)c2c1ccc1c[c-]cc(S(=O)(=O)[O-])c21.O=S(=O)=O.O=S(=O)=O.[Na+].[Na+].[Na+].[Na+]. The van der Waals surface area contributed by atoms with E-state index in [1.807, 2.05) is 39.0 Å². The molecule has 22 heteroatoms. The summed E-state index contributed by atoms with van der Waals surface area (Å²) in [6, 6.07) is 18.9. The van der Waals surface area contributed by atoms with Crippen molar-refractivity contribution >= 4 is 85.8 Å². The zero-order chi connectivity index (χ0) is 38.1. The zero-order valence-corrected chi connectivity index (χ0v) is 43.0. The molecule has 0 radical (unpaired) electrons. The summed E-state index contributed by atoms with van der Waals surface area (Å²) in [5, 5.41) is 2.43. The third kappa shape index (κ3) is 12.4. The van der Waals surface area contributed by atoms with Gasteiger partial charge in [0.15, 0.2) is 5.71 Å². The number of hydrogen-bond acceptors (Lipinski definition) is 13. The number of aliphatic imine (C=N–C) groups is 1. The first-order valence-corrected chi connectivity index (χ1v) is 19.3. The Balaban J connectivity index is 0. The third-order valence-electron chi connectivity index (χ3n) is 8.73. The van der Waals surface area contributed by atoms with E-state index in [0.29, 0.717) is 16.2 Å². The van der Waals surface area contributed by atoms with E-state index >= 15 is 0 Å². The fourth-order valence-electron chi connectivity index (χ4n) is 6.13. The van der Waals surface area contributed by atoms with Gasteiger partial charge in [0, 0.05) is 23.6 Å². The van der Waals surface area contributed by atoms with Gasteiger partial charge < -0.3 is 9.11 Å². The summed E-state index contributed by atoms with van der Waals surface area (Å²) in [5.74, 6) is 0. The topological polar surface area (TPSA) is 232 Å². The standard InChI is InChI=1S/C17H19NO3S.C15H14NO3S.4Na.2O3S/c1-5-18-11(2)17(3,4)16-13(18)10-9-12-7-6-8-14(15(12)16)22(19,20)21;1-9-15(2,3)14-11(16-9)8-7-10-5-4-6-12(13(10)14)20(17,18)19;;;;;2*1-4(2)3/h7-10H,5H2,1-4H3,(H,19,20,21);5-8H,1-3H3,(H,17,18,19);;;;;;/q;-1;4*+1;;/p-2. The molecule has 4 aromatic carbocycles. The molecule has 2 aliphatic rings. The molecule has 0 atom stereocenters. The summed E-state index contributed by atoms with van der Waals surface area (Å²) in [5.41, 5.74) is 4.76. The molecular formula is C32H31N2Na4O12S4+. The maximum Gasteiger partial charge on any atom is 1.00 e. The first kappa shape index (κ1) is 55.9. The van der Waals surface area contributed by atoms with Gasteiger partial charge in [0.2, 0.25) is 5.69 Å². The Morgan fingerprint density at radius 1 is 0.667 bits per heavy atom. The van der Waals surface area contributed by atoms with Crippen molar-refractivity contribution in [2.75, 3.05) is 6.54 Å². The second-order valence-electron chi connectivity index (χ2n) is 12.1. The van der Waals surface area contributed by atoms with Gasteiger partial charge in [0.1, 0.15) is 6.54 Å². The van der Waals surface area contributed by atoms with Crippen molar-refractivity contribution < 1.29 is 174 Å². The smallest absolute Gasteiger partial charge is 0.754 e. The van der Waals surface area contributed by atoms with E-state index in [4.69, 9.17) is 25.3 Å². The first-order valence-electron chi connectivity index (χ1n) is 14.5. The summed E-state index contributed by atoms with van der Waals surface area (Å²) in [6.45, 7) is 14.9. The molecular weight excluding hydrogens is 825 g/mol. The average Bonchev–Trinajstić information content (AvgIpc) is 3.34. The van der Waals surface area contributed by atoms with Crippen molar-refractivity contribution in [2.24, 2.45) is 4.99 Å². The van der Waals surface area contributed by atoms with E-state index in [1.165, 1.54) is 12.1 Å². The molecule has 0 saturated heterocycles. The minimum absolute atomic E-state index is 0. The van der Waals surface area contributed by atoms with Gasteiger partial charge in [-0.15, -0.1) is 58.9 Å². The Kier molecular flexibility index (Phi) is 22.5. The summed E-state index contributed by atoms with van der Waals surface area (Å²) < 4.78 is 123. The van der Waals surface area contributed by atoms with Crippen LogP contribution in [0, 0.1) is 12.1 Å². The van der Waals surface area contributed by atoms with Gasteiger partial charge in [0.25, 0.3) is 0 Å². The Morgan fingerprint density at radius 2 is 1.06 bits per heavy atom. The van der Waals surface area contributed by atoms with Gasteiger partial charge in [-0.05, 0) is 55.2 Å². The Hall–Kier alpha value is -0.200. The van der Waals surface area contributed by atoms with Crippen molar-refractivity contribution in [1.82, 2.24) is 0 Å². The fourth-order valence-corrected chi connectivity index (χ4v) is 7.50. The number of hydrogen-bond donors (Lipinski definition) is 0. The van der Waals surface area contributed by atoms with Crippen LogP contribution in [0.1, 0.15) is 59.6 Å². The molecule has 2 aliphatic heterocycles. The van der Waals surface area contributed by atoms with E-state index in [-0.39, 0.29) is 133 Å². The van der Waals surface area contributed by atoms with E-state index in [1.54, 1.807) is 18.2 Å². The number of nitrogens with zero attached hydrogens (tertiary/aromatic N) is 2. The molecule has 0 aromatic heterocycles. The Morgan fingerprint density at radius 3 is 1.44 bits per heavy atom. The van der Waals surface area contributed by atoms with Crippen molar-refractivity contribution in [1.29, 1.82) is 0 Å². The molecule has 2 heterocycles. The van der Waals surface area contributed by atoms with Crippen LogP contribution in [-0.4, -0.2) is 73.7 Å². The van der Waals surface area contributed by atoms with E-state index in [0.717, 1.165) is 45.9 Å². The Labute approximate surface area is 406 Å². The predicted molar refractivity (Wildman–Crippen MR) is 181 cm³/mol. The molecule has 0 amide bonds. The molecule has 268 valence electrons. The second kappa shape index (κ2) is 21.7. The average molecular weight is 856 g/mol. The van der Waals surface area contributed by atoms with Crippen LogP contribution in [-0.2, 0) is 52.3 Å². The van der Waals surface area contributed by atoms with Crippen molar-refractivity contribution in [3.05, 3.63) is 71.8 Å². The molecule has 0 fully saturated rings. The van der Waals surface area contributed by atoms with Crippen LogP contribution >= 0.6 is 0 Å². The van der Waals surface area contributed by atoms with E-state index in [9.17, 15) is 25.9 Å². The maximum atomic E-state index is 11.7. The fraction of sp³-hybridized carbons (Fsp3) is 0.312. The van der Waals surface area contributed by atoms with Gasteiger partial charge in [-0.2, -0.15) is 41.0 Å². The molecule has 4 aromatic rings. The summed E-state index contributed by atoms with van der Waals surface area (Å²) in [6.07, 6.45) is 0. The van der Waals surface area contributed by atoms with E-state index < -0.39 is 46.9 Å². The maximum absolute atomic E-state index is 11.7. The van der Waals surface area contributed by atoms with Crippen molar-refractivity contribution in [3.63, 3.8) is 0 Å². The molecule has 0 bridgehead atoms. The van der Waals surface area contributed by atoms with Crippen LogP contribution in [0.2, 0.25) is 0 Å². The van der Waals surface area contributed by atoms with Gasteiger partial charge in [-0.1, -0.05) is 13.8 Å². The monoisotopic (exact) mass is 855 g/mol. The number of benzene rings is 4. The summed E-state index contributed by atoms with van der Waals surface area (Å²) in [4.78, 5) is 4.09. The number of rotatable bonds is 3. The molecule has 6 rings (SSSR count). The zero-order valence-electron chi connectivity index (χ0n) is 31.8. The molecule has 0 N–H and O–H groups in total. The first-order chi connectivity index (χ1) is 22.9. The summed E-state index contributed by atoms with van der Waals surface area (Å²) >= 11 is 0. The van der Waals surface area contributed by atoms with Crippen molar-refractivity contribution in [2.45, 2.75) is 69.1 Å². The molecule has 0 unspecified atom stereocenters. The minimum Gasteiger partial charge on any atom is -0.754 e. The second-order valence-corrected chi connectivity index (χ2v) is 15.6. The Bertz CT molecular complexity index is 2540. The summed E-state index contributed by atoms with van der Waals surface area (Å²) in [7, 11) is -15.3. The van der Waals surface area contributed by atoms with Gasteiger partial charge in [-0.25, -0.2) is 0 Å². The molecule has 14 nitrogen and oxygen atoms in total. The molecule has 0 aliphatic carbocycles. The van der Waals surface area contributed by atoms with E-state index in [2.05, 4.69) is 49.4 Å². The predicted octanol–water partition coefficient (Wildman–Crippen LogP) is -8.10. The number of fused-ring (bicyclic) bond motifs is 6. The van der Waals surface area contributed by atoms with Gasteiger partial charge in [0.05, 0.1) is 31.3 Å².